The number of carbonyl (C=O) groups excluding carboxylic acids is 1. The Bertz CT molecular complexity index is 1100. The Morgan fingerprint density at radius 1 is 1.30 bits per heavy atom. The molecule has 3 N–H and O–H groups in total. The van der Waals surface area contributed by atoms with Gasteiger partial charge in [-0.05, 0) is 31.5 Å². The van der Waals surface area contributed by atoms with E-state index in [2.05, 4.69) is 37.0 Å². The zero-order chi connectivity index (χ0) is 24.3. The van der Waals surface area contributed by atoms with E-state index in [1.807, 2.05) is 19.9 Å². The average Bonchev–Trinajstić information content (AvgIpc) is 3.21. The number of nitrogens with one attached hydrogen (secondary N) is 1. The van der Waals surface area contributed by atoms with Crippen molar-refractivity contribution in [3.63, 3.8) is 0 Å². The summed E-state index contributed by atoms with van der Waals surface area (Å²) in [5.41, 5.74) is 8.48. The minimum absolute atomic E-state index is 0.0195. The van der Waals surface area contributed by atoms with Gasteiger partial charge in [0.15, 0.2) is 18.1 Å². The van der Waals surface area contributed by atoms with Gasteiger partial charge in [-0.1, -0.05) is 26.8 Å². The Hall–Kier alpha value is -3.67. The van der Waals surface area contributed by atoms with Crippen molar-refractivity contribution < 1.29 is 19.0 Å². The summed E-state index contributed by atoms with van der Waals surface area (Å²) in [5.74, 6) is 0.664. The van der Waals surface area contributed by atoms with Gasteiger partial charge in [-0.25, -0.2) is 0 Å². The lowest BCUT2D eigenvalue weighted by Gasteiger charge is -2.27. The van der Waals surface area contributed by atoms with Gasteiger partial charge in [-0.3, -0.25) is 9.89 Å². The molecule has 1 aromatic carbocycles. The summed E-state index contributed by atoms with van der Waals surface area (Å²) < 4.78 is 17.0. The SMILES string of the molecule is CCN(CC)C(=O)COc1ccc([C@H]2C(C#N)=C(N)Oc3n[nH]c(C(C)(C)C)c32)cc1OC. The molecule has 0 radical (unpaired) electrons. The number of nitriles is 1. The third-order valence-corrected chi connectivity index (χ3v) is 5.68. The highest BCUT2D eigenvalue weighted by Gasteiger charge is 2.38. The Labute approximate surface area is 194 Å². The van der Waals surface area contributed by atoms with Gasteiger partial charge in [-0.2, -0.15) is 5.26 Å². The first-order valence-corrected chi connectivity index (χ1v) is 10.9. The average molecular weight is 454 g/mol. The zero-order valence-electron chi connectivity index (χ0n) is 20.0. The Kier molecular flexibility index (Phi) is 6.86. The first kappa shape index (κ1) is 24.0. The number of amides is 1. The van der Waals surface area contributed by atoms with E-state index in [9.17, 15) is 10.1 Å². The minimum Gasteiger partial charge on any atom is -0.493 e. The van der Waals surface area contributed by atoms with E-state index in [4.69, 9.17) is 19.9 Å². The lowest BCUT2D eigenvalue weighted by Crippen LogP contribution is -2.34. The molecule has 176 valence electrons. The second-order valence-corrected chi connectivity index (χ2v) is 8.76. The predicted molar refractivity (Wildman–Crippen MR) is 123 cm³/mol. The first-order valence-electron chi connectivity index (χ1n) is 10.9. The van der Waals surface area contributed by atoms with Gasteiger partial charge >= 0.3 is 0 Å². The van der Waals surface area contributed by atoms with Gasteiger partial charge in [-0.15, -0.1) is 5.10 Å². The van der Waals surface area contributed by atoms with E-state index in [1.165, 1.54) is 7.11 Å². The van der Waals surface area contributed by atoms with Crippen molar-refractivity contribution >= 4 is 5.91 Å². The van der Waals surface area contributed by atoms with Crippen LogP contribution in [0, 0.1) is 11.3 Å². The van der Waals surface area contributed by atoms with Crippen molar-refractivity contribution in [2.75, 3.05) is 26.8 Å². The molecule has 2 heterocycles. The van der Waals surface area contributed by atoms with Gasteiger partial charge in [0.25, 0.3) is 5.91 Å². The normalized spacial score (nSPS) is 15.4. The van der Waals surface area contributed by atoms with Crippen LogP contribution in [0.25, 0.3) is 0 Å². The molecule has 0 aliphatic carbocycles. The topological polar surface area (TPSA) is 126 Å². The van der Waals surface area contributed by atoms with E-state index in [-0.39, 0.29) is 23.8 Å². The lowest BCUT2D eigenvalue weighted by atomic mass is 9.79. The van der Waals surface area contributed by atoms with Crippen LogP contribution >= 0.6 is 0 Å². The molecule has 3 rings (SSSR count). The molecular formula is C24H31N5O4. The van der Waals surface area contributed by atoms with Crippen molar-refractivity contribution in [1.29, 1.82) is 5.26 Å². The van der Waals surface area contributed by atoms with E-state index >= 15 is 0 Å². The number of aromatic nitrogens is 2. The Balaban J connectivity index is 2.02. The van der Waals surface area contributed by atoms with Gasteiger partial charge in [0.2, 0.25) is 11.8 Å². The number of fused-ring (bicyclic) bond motifs is 1. The van der Waals surface area contributed by atoms with Crippen molar-refractivity contribution in [3.05, 3.63) is 46.5 Å². The molecule has 1 amide bonds. The molecule has 2 aromatic rings. The largest absolute Gasteiger partial charge is 0.493 e. The standard InChI is InChI=1S/C24H31N5O4/c1-7-29(8-2)18(30)13-32-16-10-9-14(11-17(16)31-6)19-15(12-25)22(26)33-23-20(19)21(27-28-23)24(3,4)5/h9-11,19H,7-8,13,26H2,1-6H3,(H,27,28)/t19-/m0/s1. The van der Waals surface area contributed by atoms with Crippen LogP contribution in [0.2, 0.25) is 0 Å². The van der Waals surface area contributed by atoms with Crippen LogP contribution < -0.4 is 19.9 Å². The number of H-pyrrole nitrogens is 1. The second-order valence-electron chi connectivity index (χ2n) is 8.76. The number of allylic oxidation sites excluding steroid dienone is 1. The molecule has 1 atom stereocenters. The maximum Gasteiger partial charge on any atom is 0.260 e. The number of carbonyl (C=O) groups is 1. The number of nitrogens with two attached hydrogens (primary N) is 1. The van der Waals surface area contributed by atoms with Crippen LogP contribution in [0.3, 0.4) is 0 Å². The first-order chi connectivity index (χ1) is 15.7. The number of hydrogen-bond acceptors (Lipinski definition) is 7. The van der Waals surface area contributed by atoms with Crippen LogP contribution in [0.1, 0.15) is 57.4 Å². The number of aromatic amines is 1. The summed E-state index contributed by atoms with van der Waals surface area (Å²) in [5, 5.41) is 17.2. The molecule has 9 nitrogen and oxygen atoms in total. The highest BCUT2D eigenvalue weighted by molar-refractivity contribution is 5.77. The molecule has 0 fully saturated rings. The van der Waals surface area contributed by atoms with Crippen molar-refractivity contribution in [2.24, 2.45) is 5.73 Å². The number of methoxy groups -OCH3 is 1. The third-order valence-electron chi connectivity index (χ3n) is 5.68. The number of benzene rings is 1. The fourth-order valence-corrected chi connectivity index (χ4v) is 3.94. The maximum absolute atomic E-state index is 12.3. The van der Waals surface area contributed by atoms with Gasteiger partial charge < -0.3 is 24.8 Å². The molecule has 1 aliphatic rings. The molecule has 0 saturated carbocycles. The zero-order valence-corrected chi connectivity index (χ0v) is 20.0. The molecule has 0 unspecified atom stereocenters. The van der Waals surface area contributed by atoms with Crippen LogP contribution in [-0.2, 0) is 10.2 Å². The molecule has 9 heteroatoms. The van der Waals surface area contributed by atoms with Gasteiger partial charge in [0, 0.05) is 24.2 Å². The van der Waals surface area contributed by atoms with E-state index in [1.54, 1.807) is 17.0 Å². The Morgan fingerprint density at radius 3 is 2.58 bits per heavy atom. The number of ether oxygens (including phenoxy) is 3. The summed E-state index contributed by atoms with van der Waals surface area (Å²) in [4.78, 5) is 14.0. The van der Waals surface area contributed by atoms with Gasteiger partial charge in [0.05, 0.1) is 18.6 Å². The minimum atomic E-state index is -0.494. The highest BCUT2D eigenvalue weighted by atomic mass is 16.5. The summed E-state index contributed by atoms with van der Waals surface area (Å²) in [7, 11) is 1.53. The Morgan fingerprint density at radius 2 is 2.00 bits per heavy atom. The predicted octanol–water partition coefficient (Wildman–Crippen LogP) is 3.18. The quantitative estimate of drug-likeness (QED) is 0.659. The smallest absolute Gasteiger partial charge is 0.260 e. The third kappa shape index (κ3) is 4.60. The summed E-state index contributed by atoms with van der Waals surface area (Å²) in [6, 6.07) is 7.56. The number of nitrogens with zero attached hydrogens (tertiary/aromatic N) is 3. The van der Waals surface area contributed by atoms with Crippen molar-refractivity contribution in [1.82, 2.24) is 15.1 Å². The monoisotopic (exact) mass is 453 g/mol. The van der Waals surface area contributed by atoms with Crippen molar-refractivity contribution in [3.8, 4) is 23.4 Å². The number of hydrogen-bond donors (Lipinski definition) is 2. The molecule has 0 bridgehead atoms. The summed E-state index contributed by atoms with van der Waals surface area (Å²) in [6.45, 7) is 11.1. The number of likely N-dealkylation sites (N-methyl/N-ethyl adjacent to an activating group) is 1. The van der Waals surface area contributed by atoms with Crippen LogP contribution in [-0.4, -0.2) is 47.8 Å². The van der Waals surface area contributed by atoms with E-state index in [0.717, 1.165) is 16.8 Å². The highest BCUT2D eigenvalue weighted by Crippen LogP contribution is 2.46. The van der Waals surface area contributed by atoms with Gasteiger partial charge in [0.1, 0.15) is 11.6 Å². The van der Waals surface area contributed by atoms with Crippen LogP contribution in [0.4, 0.5) is 0 Å². The fraction of sp³-hybridized carbons (Fsp3) is 0.458. The molecule has 0 spiro atoms. The fourth-order valence-electron chi connectivity index (χ4n) is 3.94. The molecule has 0 saturated heterocycles. The van der Waals surface area contributed by atoms with E-state index < -0.39 is 5.92 Å². The van der Waals surface area contributed by atoms with E-state index in [0.29, 0.717) is 36.0 Å². The van der Waals surface area contributed by atoms with Crippen LogP contribution in [0.5, 0.6) is 17.4 Å². The van der Waals surface area contributed by atoms with Crippen molar-refractivity contribution in [2.45, 2.75) is 46.0 Å². The molecule has 33 heavy (non-hydrogen) atoms. The summed E-state index contributed by atoms with van der Waals surface area (Å²) >= 11 is 0. The second kappa shape index (κ2) is 9.45. The maximum atomic E-state index is 12.3. The summed E-state index contributed by atoms with van der Waals surface area (Å²) in [6.07, 6.45) is 0. The molecule has 1 aromatic heterocycles. The molecular weight excluding hydrogens is 422 g/mol. The van der Waals surface area contributed by atoms with Crippen LogP contribution in [0.15, 0.2) is 29.7 Å². The molecule has 1 aliphatic heterocycles. The number of rotatable bonds is 7. The lowest BCUT2D eigenvalue weighted by molar-refractivity contribution is -0.132.